The van der Waals surface area contributed by atoms with E-state index in [-0.39, 0.29) is 5.91 Å². The highest BCUT2D eigenvalue weighted by Gasteiger charge is 2.21. The number of carbonyl (C=O) groups is 1. The number of carbonyl (C=O) groups excluding carboxylic acids is 1. The number of aryl methyl sites for hydroxylation is 1. The van der Waals surface area contributed by atoms with E-state index in [1.54, 1.807) is 12.4 Å². The molecule has 1 fully saturated rings. The topological polar surface area (TPSA) is 46.1 Å². The number of hydrogen-bond acceptors (Lipinski definition) is 3. The van der Waals surface area contributed by atoms with Crippen LogP contribution in [0.2, 0.25) is 0 Å². The van der Waals surface area contributed by atoms with Gasteiger partial charge in [-0.2, -0.15) is 0 Å². The quantitative estimate of drug-likeness (QED) is 0.681. The van der Waals surface area contributed by atoms with Gasteiger partial charge in [-0.05, 0) is 50.1 Å². The molecule has 0 bridgehead atoms. The summed E-state index contributed by atoms with van der Waals surface area (Å²) < 4.78 is 0. The van der Waals surface area contributed by atoms with Crippen LogP contribution in [0.3, 0.4) is 0 Å². The van der Waals surface area contributed by atoms with E-state index in [0.29, 0.717) is 0 Å². The molecule has 132 valence electrons. The lowest BCUT2D eigenvalue weighted by molar-refractivity contribution is 0.0763. The Kier molecular flexibility index (Phi) is 4.65. The van der Waals surface area contributed by atoms with Crippen molar-refractivity contribution in [3.63, 3.8) is 0 Å². The third-order valence-corrected chi connectivity index (χ3v) is 5.06. The van der Waals surface area contributed by atoms with Gasteiger partial charge in [-0.25, -0.2) is 4.98 Å². The van der Waals surface area contributed by atoms with Crippen LogP contribution in [0, 0.1) is 6.92 Å². The first kappa shape index (κ1) is 16.7. The zero-order valence-electron chi connectivity index (χ0n) is 15.1. The predicted molar refractivity (Wildman–Crippen MR) is 104 cm³/mol. The number of amides is 1. The van der Waals surface area contributed by atoms with Gasteiger partial charge in [0.25, 0.3) is 5.91 Å². The fourth-order valence-electron chi connectivity index (χ4n) is 3.63. The zero-order valence-corrected chi connectivity index (χ0v) is 15.1. The number of aromatic nitrogens is 2. The Morgan fingerprint density at radius 2 is 1.69 bits per heavy atom. The van der Waals surface area contributed by atoms with Gasteiger partial charge in [0.15, 0.2) is 0 Å². The lowest BCUT2D eigenvalue weighted by atomic mass is 10.0. The van der Waals surface area contributed by atoms with E-state index in [1.807, 2.05) is 35.2 Å². The molecule has 0 atom stereocenters. The molecule has 4 nitrogen and oxygen atoms in total. The number of pyridine rings is 2. The van der Waals surface area contributed by atoms with E-state index in [9.17, 15) is 4.79 Å². The van der Waals surface area contributed by atoms with Gasteiger partial charge in [-0.1, -0.05) is 24.5 Å². The number of rotatable bonds is 2. The smallest absolute Gasteiger partial charge is 0.254 e. The molecule has 1 saturated heterocycles. The van der Waals surface area contributed by atoms with Crippen LogP contribution >= 0.6 is 0 Å². The highest BCUT2D eigenvalue weighted by Crippen LogP contribution is 2.27. The number of hydrogen-bond donors (Lipinski definition) is 0. The van der Waals surface area contributed by atoms with E-state index in [4.69, 9.17) is 4.98 Å². The van der Waals surface area contributed by atoms with E-state index < -0.39 is 0 Å². The molecule has 0 spiro atoms. The zero-order chi connectivity index (χ0) is 17.9. The maximum atomic E-state index is 13.3. The summed E-state index contributed by atoms with van der Waals surface area (Å²) in [5.74, 6) is 0.125. The van der Waals surface area contributed by atoms with Crippen molar-refractivity contribution in [1.82, 2.24) is 14.9 Å². The molecule has 0 aliphatic carbocycles. The molecular weight excluding hydrogens is 322 g/mol. The fraction of sp³-hybridized carbons (Fsp3) is 0.318. The second kappa shape index (κ2) is 7.24. The average Bonchev–Trinajstić information content (AvgIpc) is 2.97. The minimum atomic E-state index is 0.125. The molecule has 2 aromatic heterocycles. The molecule has 0 N–H and O–H groups in total. The molecule has 3 heterocycles. The highest BCUT2D eigenvalue weighted by atomic mass is 16.2. The van der Waals surface area contributed by atoms with Crippen molar-refractivity contribution >= 4 is 16.8 Å². The number of likely N-dealkylation sites (tertiary alicyclic amines) is 1. The summed E-state index contributed by atoms with van der Waals surface area (Å²) >= 11 is 0. The molecule has 1 aromatic carbocycles. The summed E-state index contributed by atoms with van der Waals surface area (Å²) in [5, 5.41) is 0.942. The second-order valence-corrected chi connectivity index (χ2v) is 7.02. The Bertz CT molecular complexity index is 929. The Hall–Kier alpha value is -2.75. The van der Waals surface area contributed by atoms with Crippen LogP contribution in [0.25, 0.3) is 22.2 Å². The van der Waals surface area contributed by atoms with Crippen molar-refractivity contribution < 1.29 is 4.79 Å². The second-order valence-electron chi connectivity index (χ2n) is 7.02. The first-order chi connectivity index (χ1) is 12.7. The molecule has 3 aromatic rings. The third-order valence-electron chi connectivity index (χ3n) is 5.06. The fourth-order valence-corrected chi connectivity index (χ4v) is 3.63. The SMILES string of the molecule is Cc1ccc2nc(-c3ccncc3)cc(C(=O)N3CCCCCC3)c2c1. The van der Waals surface area contributed by atoms with Gasteiger partial charge in [0.2, 0.25) is 0 Å². The van der Waals surface area contributed by atoms with Crippen LogP contribution in [0.4, 0.5) is 0 Å². The summed E-state index contributed by atoms with van der Waals surface area (Å²) in [4.78, 5) is 24.2. The average molecular weight is 345 g/mol. The van der Waals surface area contributed by atoms with Gasteiger partial charge >= 0.3 is 0 Å². The van der Waals surface area contributed by atoms with Gasteiger partial charge in [0.1, 0.15) is 0 Å². The number of nitrogens with zero attached hydrogens (tertiary/aromatic N) is 3. The molecule has 26 heavy (non-hydrogen) atoms. The summed E-state index contributed by atoms with van der Waals surface area (Å²) in [6.45, 7) is 3.74. The monoisotopic (exact) mass is 345 g/mol. The van der Waals surface area contributed by atoms with Crippen LogP contribution in [0.1, 0.15) is 41.6 Å². The van der Waals surface area contributed by atoms with E-state index >= 15 is 0 Å². The van der Waals surface area contributed by atoms with Crippen LogP contribution < -0.4 is 0 Å². The normalized spacial score (nSPS) is 15.0. The molecule has 0 radical (unpaired) electrons. The van der Waals surface area contributed by atoms with Crippen molar-refractivity contribution in [2.24, 2.45) is 0 Å². The number of benzene rings is 1. The first-order valence-corrected chi connectivity index (χ1v) is 9.33. The Labute approximate surface area is 153 Å². The van der Waals surface area contributed by atoms with Crippen LogP contribution in [0.5, 0.6) is 0 Å². The van der Waals surface area contributed by atoms with E-state index in [0.717, 1.165) is 59.2 Å². The van der Waals surface area contributed by atoms with Crippen LogP contribution in [-0.4, -0.2) is 33.9 Å². The molecule has 4 heteroatoms. The van der Waals surface area contributed by atoms with E-state index in [1.165, 1.54) is 12.8 Å². The summed E-state index contributed by atoms with van der Waals surface area (Å²) in [6.07, 6.45) is 8.11. The Morgan fingerprint density at radius 1 is 0.962 bits per heavy atom. The van der Waals surface area contributed by atoms with Crippen molar-refractivity contribution in [1.29, 1.82) is 0 Å². The minimum absolute atomic E-state index is 0.125. The van der Waals surface area contributed by atoms with Crippen molar-refractivity contribution in [2.75, 3.05) is 13.1 Å². The standard InChI is InChI=1S/C22H23N3O/c1-16-6-7-20-18(14-16)19(22(26)25-12-4-2-3-5-13-25)15-21(24-20)17-8-10-23-11-9-17/h6-11,14-15H,2-5,12-13H2,1H3. The van der Waals surface area contributed by atoms with Crippen LogP contribution in [0.15, 0.2) is 48.8 Å². The number of fused-ring (bicyclic) bond motifs is 1. The summed E-state index contributed by atoms with van der Waals surface area (Å²) in [7, 11) is 0. The largest absolute Gasteiger partial charge is 0.339 e. The van der Waals surface area contributed by atoms with Crippen molar-refractivity contribution in [2.45, 2.75) is 32.6 Å². The molecule has 1 aliphatic rings. The first-order valence-electron chi connectivity index (χ1n) is 9.33. The molecule has 0 saturated carbocycles. The summed E-state index contributed by atoms with van der Waals surface area (Å²) in [6, 6.07) is 11.9. The Morgan fingerprint density at radius 3 is 2.42 bits per heavy atom. The molecular formula is C22H23N3O. The van der Waals surface area contributed by atoms with Gasteiger partial charge in [0, 0.05) is 36.4 Å². The van der Waals surface area contributed by atoms with E-state index in [2.05, 4.69) is 18.0 Å². The predicted octanol–water partition coefficient (Wildman–Crippen LogP) is 4.62. The molecule has 1 aliphatic heterocycles. The van der Waals surface area contributed by atoms with Gasteiger partial charge < -0.3 is 4.90 Å². The summed E-state index contributed by atoms with van der Waals surface area (Å²) in [5.41, 5.74) is 4.56. The van der Waals surface area contributed by atoms with Gasteiger partial charge in [-0.15, -0.1) is 0 Å². The molecule has 1 amide bonds. The lowest BCUT2D eigenvalue weighted by Gasteiger charge is -2.21. The maximum Gasteiger partial charge on any atom is 0.254 e. The Balaban J connectivity index is 1.85. The van der Waals surface area contributed by atoms with Crippen molar-refractivity contribution in [3.8, 4) is 11.3 Å². The molecule has 4 rings (SSSR count). The maximum absolute atomic E-state index is 13.3. The van der Waals surface area contributed by atoms with Crippen LogP contribution in [-0.2, 0) is 0 Å². The molecule has 0 unspecified atom stereocenters. The third kappa shape index (κ3) is 3.32. The van der Waals surface area contributed by atoms with Gasteiger partial charge in [0.05, 0.1) is 16.8 Å². The highest BCUT2D eigenvalue weighted by molar-refractivity contribution is 6.07. The van der Waals surface area contributed by atoms with Crippen molar-refractivity contribution in [3.05, 3.63) is 59.9 Å². The lowest BCUT2D eigenvalue weighted by Crippen LogP contribution is -2.32. The minimum Gasteiger partial charge on any atom is -0.339 e. The van der Waals surface area contributed by atoms with Gasteiger partial charge in [-0.3, -0.25) is 9.78 Å².